The zero-order chi connectivity index (χ0) is 19.9. The van der Waals surface area contributed by atoms with Crippen LogP contribution >= 0.6 is 0 Å². The number of unbranched alkanes of at least 4 members (excludes halogenated alkanes) is 4. The van der Waals surface area contributed by atoms with E-state index in [2.05, 4.69) is 17.6 Å². The van der Waals surface area contributed by atoms with Gasteiger partial charge in [0.15, 0.2) is 0 Å². The predicted molar refractivity (Wildman–Crippen MR) is 103 cm³/mol. The Hall–Kier alpha value is -1.63. The summed E-state index contributed by atoms with van der Waals surface area (Å²) in [5.41, 5.74) is 5.82. The maximum Gasteiger partial charge on any atom is 0.326 e. The van der Waals surface area contributed by atoms with Crippen LogP contribution < -0.4 is 16.4 Å². The lowest BCUT2D eigenvalue weighted by atomic mass is 10.0. The van der Waals surface area contributed by atoms with Crippen molar-refractivity contribution in [2.24, 2.45) is 5.73 Å². The monoisotopic (exact) mass is 371 g/mol. The molecule has 0 heterocycles. The third kappa shape index (κ3) is 10.4. The second-order valence-corrected chi connectivity index (χ2v) is 6.85. The molecule has 0 radical (unpaired) electrons. The van der Waals surface area contributed by atoms with Crippen LogP contribution in [0.5, 0.6) is 0 Å². The molecule has 0 saturated carbocycles. The highest BCUT2D eigenvalue weighted by atomic mass is 16.4. The van der Waals surface area contributed by atoms with E-state index in [0.29, 0.717) is 19.3 Å². The van der Waals surface area contributed by atoms with Crippen LogP contribution in [0.15, 0.2) is 0 Å². The van der Waals surface area contributed by atoms with E-state index in [0.717, 1.165) is 44.9 Å². The van der Waals surface area contributed by atoms with Gasteiger partial charge in [0.1, 0.15) is 12.1 Å². The van der Waals surface area contributed by atoms with Gasteiger partial charge in [-0.05, 0) is 19.3 Å². The minimum atomic E-state index is -1.05. The Morgan fingerprint density at radius 3 is 1.73 bits per heavy atom. The topological polar surface area (TPSA) is 122 Å². The molecule has 152 valence electrons. The normalized spacial score (nSPS) is 14.3. The van der Waals surface area contributed by atoms with Crippen LogP contribution in [-0.2, 0) is 14.4 Å². The molecule has 0 fully saturated rings. The van der Waals surface area contributed by atoms with Crippen molar-refractivity contribution in [3.8, 4) is 0 Å². The Labute approximate surface area is 157 Å². The number of carboxylic acid groups (broad SMARTS) is 1. The number of hydrogen-bond acceptors (Lipinski definition) is 4. The van der Waals surface area contributed by atoms with Gasteiger partial charge in [0.05, 0.1) is 6.04 Å². The molecular formula is C19H37N3O4. The van der Waals surface area contributed by atoms with Crippen LogP contribution in [-0.4, -0.2) is 41.0 Å². The number of amides is 2. The number of aliphatic carboxylic acids is 1. The Morgan fingerprint density at radius 1 is 0.769 bits per heavy atom. The van der Waals surface area contributed by atoms with E-state index in [1.807, 2.05) is 13.8 Å². The number of nitrogens with two attached hydrogens (primary N) is 1. The Morgan fingerprint density at radius 2 is 1.27 bits per heavy atom. The van der Waals surface area contributed by atoms with Gasteiger partial charge < -0.3 is 21.5 Å². The Kier molecular flexibility index (Phi) is 13.6. The fraction of sp³-hybridized carbons (Fsp3) is 0.842. The minimum Gasteiger partial charge on any atom is -0.480 e. The van der Waals surface area contributed by atoms with Gasteiger partial charge in [0, 0.05) is 0 Å². The number of carbonyl (C=O) groups excluding carboxylic acids is 2. The van der Waals surface area contributed by atoms with Crippen LogP contribution in [0.1, 0.15) is 85.0 Å². The third-order valence-electron chi connectivity index (χ3n) is 4.38. The Bertz CT molecular complexity index is 429. The van der Waals surface area contributed by atoms with Gasteiger partial charge in [-0.2, -0.15) is 0 Å². The second kappa shape index (κ2) is 14.5. The van der Waals surface area contributed by atoms with Crippen molar-refractivity contribution in [3.05, 3.63) is 0 Å². The summed E-state index contributed by atoms with van der Waals surface area (Å²) in [4.78, 5) is 36.2. The average Bonchev–Trinajstić information content (AvgIpc) is 2.60. The molecule has 0 aromatic carbocycles. The van der Waals surface area contributed by atoms with Gasteiger partial charge in [0.25, 0.3) is 0 Å². The second-order valence-electron chi connectivity index (χ2n) is 6.85. The summed E-state index contributed by atoms with van der Waals surface area (Å²) >= 11 is 0. The van der Waals surface area contributed by atoms with Gasteiger partial charge in [-0.25, -0.2) is 4.79 Å². The van der Waals surface area contributed by atoms with E-state index in [1.165, 1.54) is 0 Å². The van der Waals surface area contributed by atoms with Crippen LogP contribution in [0.4, 0.5) is 0 Å². The summed E-state index contributed by atoms with van der Waals surface area (Å²) in [5.74, 6) is -1.85. The lowest BCUT2D eigenvalue weighted by molar-refractivity contribution is -0.142. The highest BCUT2D eigenvalue weighted by Crippen LogP contribution is 2.08. The summed E-state index contributed by atoms with van der Waals surface area (Å²) in [6, 6.07) is -2.32. The first-order valence-corrected chi connectivity index (χ1v) is 9.96. The van der Waals surface area contributed by atoms with Crippen molar-refractivity contribution in [1.29, 1.82) is 0 Å². The molecule has 0 aliphatic rings. The summed E-state index contributed by atoms with van der Waals surface area (Å²) < 4.78 is 0. The largest absolute Gasteiger partial charge is 0.480 e. The lowest BCUT2D eigenvalue weighted by Crippen LogP contribution is -2.54. The Balaban J connectivity index is 4.88. The van der Waals surface area contributed by atoms with Gasteiger partial charge >= 0.3 is 5.97 Å². The van der Waals surface area contributed by atoms with Crippen LogP contribution in [0.3, 0.4) is 0 Å². The smallest absolute Gasteiger partial charge is 0.326 e. The summed E-state index contributed by atoms with van der Waals surface area (Å²) in [6.07, 6.45) is 7.54. The van der Waals surface area contributed by atoms with Crippen LogP contribution in [0.2, 0.25) is 0 Å². The molecule has 0 aromatic rings. The number of carbonyl (C=O) groups is 3. The summed E-state index contributed by atoms with van der Waals surface area (Å²) in [6.45, 7) is 6.03. The number of nitrogens with one attached hydrogen (secondary N) is 2. The maximum absolute atomic E-state index is 12.6. The number of hydrogen-bond donors (Lipinski definition) is 4. The molecule has 0 bridgehead atoms. The molecule has 3 atom stereocenters. The molecule has 0 rings (SSSR count). The molecule has 0 saturated heterocycles. The van der Waals surface area contributed by atoms with Gasteiger partial charge in [-0.15, -0.1) is 0 Å². The van der Waals surface area contributed by atoms with E-state index in [4.69, 9.17) is 5.73 Å². The van der Waals surface area contributed by atoms with E-state index in [1.54, 1.807) is 0 Å². The van der Waals surface area contributed by atoms with Gasteiger partial charge in [-0.3, -0.25) is 9.59 Å². The zero-order valence-electron chi connectivity index (χ0n) is 16.6. The SMILES string of the molecule is CCCCCC(NC(=O)C(CCCCC)NC(=O)C(N)CCC)C(=O)O. The van der Waals surface area contributed by atoms with Crippen molar-refractivity contribution in [3.63, 3.8) is 0 Å². The quantitative estimate of drug-likeness (QED) is 0.329. The van der Waals surface area contributed by atoms with Crippen molar-refractivity contribution in [2.75, 3.05) is 0 Å². The highest BCUT2D eigenvalue weighted by molar-refractivity contribution is 5.91. The van der Waals surface area contributed by atoms with Gasteiger partial charge in [-0.1, -0.05) is 65.7 Å². The molecule has 0 aromatic heterocycles. The van der Waals surface area contributed by atoms with Gasteiger partial charge in [0.2, 0.25) is 11.8 Å². The predicted octanol–water partition coefficient (Wildman–Crippen LogP) is 2.33. The summed E-state index contributed by atoms with van der Waals surface area (Å²) in [5, 5.41) is 14.6. The molecule has 0 aliphatic heterocycles. The molecule has 0 spiro atoms. The first kappa shape index (κ1) is 24.4. The van der Waals surface area contributed by atoms with Crippen molar-refractivity contribution in [1.82, 2.24) is 10.6 Å². The first-order chi connectivity index (χ1) is 12.4. The van der Waals surface area contributed by atoms with E-state index in [-0.39, 0.29) is 5.91 Å². The van der Waals surface area contributed by atoms with Crippen molar-refractivity contribution >= 4 is 17.8 Å². The fourth-order valence-electron chi connectivity index (χ4n) is 2.72. The standard InChI is InChI=1S/C19H37N3O4/c1-4-7-9-12-15(21-17(23)14(20)11-6-3)18(24)22-16(19(25)26)13-10-8-5-2/h14-16H,4-13,20H2,1-3H3,(H,21,23)(H,22,24)(H,25,26). The molecule has 0 aliphatic carbocycles. The molecular weight excluding hydrogens is 334 g/mol. The van der Waals surface area contributed by atoms with Crippen LogP contribution in [0, 0.1) is 0 Å². The average molecular weight is 372 g/mol. The van der Waals surface area contributed by atoms with E-state index in [9.17, 15) is 19.5 Å². The fourth-order valence-corrected chi connectivity index (χ4v) is 2.72. The van der Waals surface area contributed by atoms with Crippen molar-refractivity contribution in [2.45, 2.75) is 103 Å². The maximum atomic E-state index is 12.6. The third-order valence-corrected chi connectivity index (χ3v) is 4.38. The molecule has 26 heavy (non-hydrogen) atoms. The molecule has 7 nitrogen and oxygen atoms in total. The lowest BCUT2D eigenvalue weighted by Gasteiger charge is -2.23. The number of rotatable bonds is 15. The molecule has 3 unspecified atom stereocenters. The van der Waals surface area contributed by atoms with Crippen LogP contribution in [0.25, 0.3) is 0 Å². The molecule has 2 amide bonds. The number of carboxylic acids is 1. The van der Waals surface area contributed by atoms with E-state index >= 15 is 0 Å². The highest BCUT2D eigenvalue weighted by Gasteiger charge is 2.27. The molecule has 5 N–H and O–H groups in total. The minimum absolute atomic E-state index is 0.360. The molecule has 7 heteroatoms. The first-order valence-electron chi connectivity index (χ1n) is 9.96. The zero-order valence-corrected chi connectivity index (χ0v) is 16.6. The summed E-state index contributed by atoms with van der Waals surface area (Å²) in [7, 11) is 0. The van der Waals surface area contributed by atoms with E-state index < -0.39 is 30.0 Å². The van der Waals surface area contributed by atoms with Crippen molar-refractivity contribution < 1.29 is 19.5 Å².